The van der Waals surface area contributed by atoms with Crippen LogP contribution < -0.4 is 10.1 Å². The first-order valence-corrected chi connectivity index (χ1v) is 6.58. The molecule has 0 aliphatic carbocycles. The molecule has 0 saturated heterocycles. The third kappa shape index (κ3) is 4.32. The van der Waals surface area contributed by atoms with Gasteiger partial charge in [-0.2, -0.15) is 0 Å². The number of carbonyl (C=O) groups excluding carboxylic acids is 1. The van der Waals surface area contributed by atoms with E-state index in [-0.39, 0.29) is 12.3 Å². The Bertz CT molecular complexity index is 595. The molecule has 21 heavy (non-hydrogen) atoms. The van der Waals surface area contributed by atoms with E-state index in [0.29, 0.717) is 24.6 Å². The van der Waals surface area contributed by atoms with Crippen LogP contribution in [0, 0.1) is 0 Å². The van der Waals surface area contributed by atoms with Crippen LogP contribution >= 0.6 is 0 Å². The minimum absolute atomic E-state index is 0.113. The van der Waals surface area contributed by atoms with E-state index in [2.05, 4.69) is 10.5 Å². The quantitative estimate of drug-likeness (QED) is 0.785. The highest BCUT2D eigenvalue weighted by Crippen LogP contribution is 2.24. The van der Waals surface area contributed by atoms with Crippen LogP contribution in [-0.4, -0.2) is 38.4 Å². The van der Waals surface area contributed by atoms with Crippen molar-refractivity contribution >= 4 is 5.91 Å². The van der Waals surface area contributed by atoms with Crippen molar-refractivity contribution in [1.82, 2.24) is 10.5 Å². The number of nitrogens with zero attached hydrogens (tertiary/aromatic N) is 1. The first-order valence-electron chi connectivity index (χ1n) is 6.58. The van der Waals surface area contributed by atoms with E-state index in [1.807, 2.05) is 24.3 Å². The van der Waals surface area contributed by atoms with Crippen LogP contribution in [0.2, 0.25) is 0 Å². The summed E-state index contributed by atoms with van der Waals surface area (Å²) in [6, 6.07) is 9.22. The fourth-order valence-corrected chi connectivity index (χ4v) is 1.83. The van der Waals surface area contributed by atoms with Crippen LogP contribution in [0.25, 0.3) is 11.3 Å². The lowest BCUT2D eigenvalue weighted by molar-refractivity contribution is -0.120. The molecule has 2 aromatic rings. The molecule has 112 valence electrons. The Labute approximate surface area is 123 Å². The lowest BCUT2D eigenvalue weighted by Crippen LogP contribution is -2.28. The molecule has 0 radical (unpaired) electrons. The number of methoxy groups -OCH3 is 2. The summed E-state index contributed by atoms with van der Waals surface area (Å²) in [5, 5.41) is 6.64. The zero-order chi connectivity index (χ0) is 15.1. The Morgan fingerprint density at radius 1 is 1.33 bits per heavy atom. The molecule has 6 nitrogen and oxygen atoms in total. The second-order valence-corrected chi connectivity index (χ2v) is 4.43. The summed E-state index contributed by atoms with van der Waals surface area (Å²) in [5.41, 5.74) is 1.44. The number of hydrogen-bond donors (Lipinski definition) is 1. The van der Waals surface area contributed by atoms with Gasteiger partial charge in [0, 0.05) is 25.3 Å². The second kappa shape index (κ2) is 7.44. The van der Waals surface area contributed by atoms with Crippen molar-refractivity contribution in [2.75, 3.05) is 27.4 Å². The maximum Gasteiger partial charge on any atom is 0.226 e. The molecular formula is C15H18N2O4. The molecule has 0 spiro atoms. The monoisotopic (exact) mass is 290 g/mol. The molecule has 0 atom stereocenters. The first kappa shape index (κ1) is 15.1. The van der Waals surface area contributed by atoms with Gasteiger partial charge in [-0.05, 0) is 12.1 Å². The highest BCUT2D eigenvalue weighted by Gasteiger charge is 2.11. The van der Waals surface area contributed by atoms with Gasteiger partial charge in [0.1, 0.15) is 5.75 Å². The van der Waals surface area contributed by atoms with Gasteiger partial charge in [0.05, 0.1) is 25.8 Å². The molecule has 1 aromatic heterocycles. The molecule has 1 heterocycles. The molecule has 0 fully saturated rings. The van der Waals surface area contributed by atoms with E-state index in [0.717, 1.165) is 11.3 Å². The van der Waals surface area contributed by atoms with Gasteiger partial charge < -0.3 is 19.3 Å². The summed E-state index contributed by atoms with van der Waals surface area (Å²) >= 11 is 0. The normalized spacial score (nSPS) is 10.4. The molecule has 2 rings (SSSR count). The van der Waals surface area contributed by atoms with E-state index in [1.165, 1.54) is 0 Å². The third-order valence-electron chi connectivity index (χ3n) is 2.88. The molecule has 1 aromatic carbocycles. The van der Waals surface area contributed by atoms with Gasteiger partial charge in [0.15, 0.2) is 5.76 Å². The van der Waals surface area contributed by atoms with Crippen molar-refractivity contribution in [1.29, 1.82) is 0 Å². The summed E-state index contributed by atoms with van der Waals surface area (Å²) in [5.74, 6) is 1.23. The molecule has 0 unspecified atom stereocenters. The molecule has 1 amide bonds. The minimum Gasteiger partial charge on any atom is -0.497 e. The molecule has 0 bridgehead atoms. The average molecular weight is 290 g/mol. The van der Waals surface area contributed by atoms with E-state index in [4.69, 9.17) is 14.0 Å². The minimum atomic E-state index is -0.113. The number of benzene rings is 1. The second-order valence-electron chi connectivity index (χ2n) is 4.43. The van der Waals surface area contributed by atoms with Gasteiger partial charge in [-0.15, -0.1) is 0 Å². The smallest absolute Gasteiger partial charge is 0.226 e. The maximum absolute atomic E-state index is 11.7. The van der Waals surface area contributed by atoms with Gasteiger partial charge in [-0.3, -0.25) is 4.79 Å². The van der Waals surface area contributed by atoms with Crippen LogP contribution in [0.4, 0.5) is 0 Å². The zero-order valence-electron chi connectivity index (χ0n) is 12.1. The molecule has 0 aliphatic heterocycles. The molecule has 0 aliphatic rings. The van der Waals surface area contributed by atoms with Crippen molar-refractivity contribution in [3.05, 3.63) is 36.0 Å². The standard InChI is InChI=1S/C15H18N2O4/c1-19-7-6-16-15(18)10-12-9-14(21-17-12)11-4-3-5-13(8-11)20-2/h3-5,8-9H,6-7,10H2,1-2H3,(H,16,18). The average Bonchev–Trinajstić information content (AvgIpc) is 2.96. The third-order valence-corrected chi connectivity index (χ3v) is 2.88. The number of rotatable bonds is 7. The Morgan fingerprint density at radius 3 is 2.95 bits per heavy atom. The summed E-state index contributed by atoms with van der Waals surface area (Å²) in [4.78, 5) is 11.7. The van der Waals surface area contributed by atoms with Gasteiger partial charge in [0.25, 0.3) is 0 Å². The molecule has 6 heteroatoms. The van der Waals surface area contributed by atoms with E-state index in [1.54, 1.807) is 20.3 Å². The van der Waals surface area contributed by atoms with Crippen LogP contribution in [0.5, 0.6) is 5.75 Å². The van der Waals surface area contributed by atoms with Crippen LogP contribution in [0.15, 0.2) is 34.9 Å². The zero-order valence-corrected chi connectivity index (χ0v) is 12.1. The number of aromatic nitrogens is 1. The number of hydrogen-bond acceptors (Lipinski definition) is 5. The van der Waals surface area contributed by atoms with Crippen LogP contribution in [0.3, 0.4) is 0 Å². The highest BCUT2D eigenvalue weighted by atomic mass is 16.5. The Hall–Kier alpha value is -2.34. The van der Waals surface area contributed by atoms with Gasteiger partial charge in [-0.1, -0.05) is 17.3 Å². The predicted octanol–water partition coefficient (Wildman–Crippen LogP) is 1.66. The number of ether oxygens (including phenoxy) is 2. The van der Waals surface area contributed by atoms with Crippen molar-refractivity contribution in [2.24, 2.45) is 0 Å². The van der Waals surface area contributed by atoms with Crippen LogP contribution in [-0.2, 0) is 16.0 Å². The van der Waals surface area contributed by atoms with Gasteiger partial charge in [0.2, 0.25) is 5.91 Å². The highest BCUT2D eigenvalue weighted by molar-refractivity contribution is 5.78. The van der Waals surface area contributed by atoms with Crippen molar-refractivity contribution < 1.29 is 18.8 Å². The fourth-order valence-electron chi connectivity index (χ4n) is 1.83. The summed E-state index contributed by atoms with van der Waals surface area (Å²) in [6.45, 7) is 0.968. The Balaban J connectivity index is 1.99. The Morgan fingerprint density at radius 2 is 2.19 bits per heavy atom. The lowest BCUT2D eigenvalue weighted by atomic mass is 10.1. The molecule has 1 N–H and O–H groups in total. The molecular weight excluding hydrogens is 272 g/mol. The number of amides is 1. The largest absolute Gasteiger partial charge is 0.497 e. The fraction of sp³-hybridized carbons (Fsp3) is 0.333. The van der Waals surface area contributed by atoms with E-state index >= 15 is 0 Å². The van der Waals surface area contributed by atoms with Crippen molar-refractivity contribution in [3.8, 4) is 17.1 Å². The van der Waals surface area contributed by atoms with Gasteiger partial charge in [-0.25, -0.2) is 0 Å². The SMILES string of the molecule is COCCNC(=O)Cc1cc(-c2cccc(OC)c2)on1. The lowest BCUT2D eigenvalue weighted by Gasteiger charge is -2.01. The van der Waals surface area contributed by atoms with Crippen molar-refractivity contribution in [2.45, 2.75) is 6.42 Å². The van der Waals surface area contributed by atoms with Crippen molar-refractivity contribution in [3.63, 3.8) is 0 Å². The van der Waals surface area contributed by atoms with Crippen LogP contribution in [0.1, 0.15) is 5.69 Å². The Kier molecular flexibility index (Phi) is 5.34. The summed E-state index contributed by atoms with van der Waals surface area (Å²) in [7, 11) is 3.19. The molecule has 0 saturated carbocycles. The summed E-state index contributed by atoms with van der Waals surface area (Å²) in [6.07, 6.45) is 0.178. The van der Waals surface area contributed by atoms with E-state index < -0.39 is 0 Å². The summed E-state index contributed by atoms with van der Waals surface area (Å²) < 4.78 is 15.3. The number of carbonyl (C=O) groups is 1. The topological polar surface area (TPSA) is 73.6 Å². The first-order chi connectivity index (χ1) is 10.2. The number of nitrogens with one attached hydrogen (secondary N) is 1. The maximum atomic E-state index is 11.7. The van der Waals surface area contributed by atoms with Gasteiger partial charge >= 0.3 is 0 Å². The van der Waals surface area contributed by atoms with E-state index in [9.17, 15) is 4.79 Å². The predicted molar refractivity (Wildman–Crippen MR) is 77.1 cm³/mol.